The molecular weight excluding hydrogens is 981 g/mol. The van der Waals surface area contributed by atoms with Crippen LogP contribution in [-0.2, 0) is 35.7 Å². The number of benzene rings is 7. The summed E-state index contributed by atoms with van der Waals surface area (Å²) in [6.07, 6.45) is -15.5. The largest absolute Gasteiger partial charge is 0.416 e. The van der Waals surface area contributed by atoms with Crippen molar-refractivity contribution in [3.63, 3.8) is 0 Å². The van der Waals surface area contributed by atoms with Gasteiger partial charge in [0.15, 0.2) is 5.82 Å². The number of alkyl halides is 12. The van der Waals surface area contributed by atoms with Crippen LogP contribution in [-0.4, -0.2) is 19.1 Å². The van der Waals surface area contributed by atoms with E-state index in [-0.39, 0.29) is 50.0 Å². The number of aromatic nitrogens is 4. The highest BCUT2D eigenvalue weighted by Gasteiger charge is 2.53. The van der Waals surface area contributed by atoms with Crippen molar-refractivity contribution in [2.24, 2.45) is 0 Å². The Morgan fingerprint density at radius 3 is 1.35 bits per heavy atom. The van der Waals surface area contributed by atoms with Crippen LogP contribution in [0.15, 0.2) is 176 Å². The fourth-order valence-corrected chi connectivity index (χ4v) is 11.2. The lowest BCUT2D eigenvalue weighted by molar-refractivity contribution is -0.138. The molecule has 3 unspecified atom stereocenters. The second-order valence-electron chi connectivity index (χ2n) is 19.0. The number of nitrogens with zero attached hydrogens (tertiary/aromatic N) is 4. The van der Waals surface area contributed by atoms with Crippen LogP contribution >= 0.6 is 0 Å². The number of hydrogen-bond acceptors (Lipinski definition) is 2. The normalized spacial score (nSPS) is 18.8. The van der Waals surface area contributed by atoms with E-state index in [4.69, 9.17) is 9.97 Å². The summed E-state index contributed by atoms with van der Waals surface area (Å²) in [5.74, 6) is -0.631. The van der Waals surface area contributed by atoms with Crippen molar-refractivity contribution in [1.82, 2.24) is 19.1 Å². The summed E-state index contributed by atoms with van der Waals surface area (Å²) in [4.78, 5) is 10.3. The number of allylic oxidation sites excluding steroid dienone is 2. The molecule has 374 valence electrons. The Morgan fingerprint density at radius 1 is 0.459 bits per heavy atom. The van der Waals surface area contributed by atoms with Gasteiger partial charge in [0.1, 0.15) is 0 Å². The van der Waals surface area contributed by atoms with Crippen molar-refractivity contribution in [2.45, 2.75) is 61.8 Å². The molecule has 0 saturated carbocycles. The maximum Gasteiger partial charge on any atom is 0.416 e. The average molecular weight is 1020 g/mol. The zero-order chi connectivity index (χ0) is 52.3. The van der Waals surface area contributed by atoms with E-state index < -0.39 is 63.8 Å². The van der Waals surface area contributed by atoms with Crippen molar-refractivity contribution < 1.29 is 52.7 Å². The van der Waals surface area contributed by atoms with Crippen LogP contribution in [0.5, 0.6) is 0 Å². The lowest BCUT2D eigenvalue weighted by Gasteiger charge is -2.51. The Balaban J connectivity index is 1.27. The molecule has 7 aromatic carbocycles. The van der Waals surface area contributed by atoms with Crippen molar-refractivity contribution in [3.8, 4) is 28.3 Å². The van der Waals surface area contributed by atoms with E-state index >= 15 is 0 Å². The summed E-state index contributed by atoms with van der Waals surface area (Å²) in [5.41, 5.74) is -3.33. The molecule has 4 nitrogen and oxygen atoms in total. The van der Waals surface area contributed by atoms with E-state index in [2.05, 4.69) is 0 Å². The van der Waals surface area contributed by atoms with Gasteiger partial charge in [-0.05, 0) is 111 Å². The minimum absolute atomic E-state index is 0.103. The van der Waals surface area contributed by atoms with Crippen molar-refractivity contribution >= 4 is 43.6 Å². The van der Waals surface area contributed by atoms with E-state index in [0.717, 1.165) is 54.1 Å². The molecule has 0 saturated heterocycles. The van der Waals surface area contributed by atoms with Crippen molar-refractivity contribution in [1.29, 1.82) is 0 Å². The van der Waals surface area contributed by atoms with E-state index in [1.54, 1.807) is 33.4 Å². The summed E-state index contributed by atoms with van der Waals surface area (Å²) in [5, 5.41) is -0.449. The van der Waals surface area contributed by atoms with Crippen LogP contribution in [0, 0.1) is 0 Å². The SMILES string of the molecule is CC1(c2cc(-c3ccccc3)nc(-c3ccccc3)n2)C=CCC(C)(n2c3ccc(C(F)(F)F)cc3c3cc(C(F)(F)F)ccc32)C1c1ccccc1-n1c2ccc(C(F)(F)F)cc2c2cc(C(F)(F)F)ccc21. The Bertz CT molecular complexity index is 3660. The summed E-state index contributed by atoms with van der Waals surface area (Å²) in [7, 11) is 0. The lowest BCUT2D eigenvalue weighted by Crippen LogP contribution is -2.49. The molecule has 3 heterocycles. The highest BCUT2D eigenvalue weighted by atomic mass is 19.4. The predicted molar refractivity (Wildman–Crippen MR) is 261 cm³/mol. The zero-order valence-corrected chi connectivity index (χ0v) is 38.9. The first-order chi connectivity index (χ1) is 34.9. The van der Waals surface area contributed by atoms with Crippen molar-refractivity contribution in [3.05, 3.63) is 209 Å². The third kappa shape index (κ3) is 7.96. The van der Waals surface area contributed by atoms with E-state index in [1.807, 2.05) is 92.7 Å². The van der Waals surface area contributed by atoms with Gasteiger partial charge in [-0.25, -0.2) is 9.97 Å². The van der Waals surface area contributed by atoms with Gasteiger partial charge in [0.2, 0.25) is 0 Å². The van der Waals surface area contributed by atoms with E-state index in [0.29, 0.717) is 34.0 Å². The second-order valence-corrected chi connectivity index (χ2v) is 19.0. The van der Waals surface area contributed by atoms with Gasteiger partial charge in [-0.3, -0.25) is 0 Å². The molecule has 11 rings (SSSR count). The standard InChI is InChI=1S/C58H38F12N4/c1-53(50-32-44(33-12-5-3-6-13-33)71-52(72-50)34-14-7-4-8-15-34)26-11-27-54(2,74-48-24-20-37(57(65,66)67)30-42(48)43-31-38(58(68,69)70)21-25-49(43)74)51(53)39-16-9-10-17-45(39)73-46-22-18-35(55(59,60)61)28-40(46)41-29-36(56(62,63)64)19-23-47(41)73/h3-26,28-32,51H,27H2,1-2H3. The van der Waals surface area contributed by atoms with Crippen LogP contribution in [0.2, 0.25) is 0 Å². The van der Waals surface area contributed by atoms with Crippen LogP contribution in [0.4, 0.5) is 52.7 Å². The molecular formula is C58H38F12N4. The topological polar surface area (TPSA) is 35.6 Å². The van der Waals surface area contributed by atoms with Crippen LogP contribution in [0.3, 0.4) is 0 Å². The molecule has 3 atom stereocenters. The van der Waals surface area contributed by atoms with Gasteiger partial charge in [-0.15, -0.1) is 0 Å². The molecule has 3 aromatic heterocycles. The molecule has 74 heavy (non-hydrogen) atoms. The summed E-state index contributed by atoms with van der Waals surface area (Å²) in [6.45, 7) is 3.75. The lowest BCUT2D eigenvalue weighted by atomic mass is 9.58. The maximum atomic E-state index is 14.5. The monoisotopic (exact) mass is 1020 g/mol. The minimum Gasteiger partial charge on any atom is -0.334 e. The molecule has 0 N–H and O–H groups in total. The average Bonchev–Trinajstić information content (AvgIpc) is 3.88. The predicted octanol–water partition coefficient (Wildman–Crippen LogP) is 17.5. The van der Waals surface area contributed by atoms with E-state index in [9.17, 15) is 52.7 Å². The number of rotatable bonds is 6. The second kappa shape index (κ2) is 16.8. The van der Waals surface area contributed by atoms with Gasteiger partial charge in [0.25, 0.3) is 0 Å². The number of hydrogen-bond donors (Lipinski definition) is 0. The fourth-order valence-electron chi connectivity index (χ4n) is 11.2. The number of halogens is 12. The third-order valence-electron chi connectivity index (χ3n) is 14.4. The molecule has 0 amide bonds. The summed E-state index contributed by atoms with van der Waals surface area (Å²) < 4.78 is 177. The Hall–Kier alpha value is -7.88. The smallest absolute Gasteiger partial charge is 0.334 e. The minimum atomic E-state index is -4.87. The van der Waals surface area contributed by atoms with Crippen LogP contribution in [0.1, 0.15) is 59.7 Å². The Kier molecular flexibility index (Phi) is 11.0. The van der Waals surface area contributed by atoms with E-state index in [1.165, 1.54) is 24.3 Å². The molecule has 0 spiro atoms. The molecule has 1 aliphatic rings. The number of fused-ring (bicyclic) bond motifs is 6. The van der Waals surface area contributed by atoms with Gasteiger partial charge in [0.05, 0.1) is 50.2 Å². The van der Waals surface area contributed by atoms with Gasteiger partial charge in [0, 0.05) is 60.7 Å². The van der Waals surface area contributed by atoms with Gasteiger partial charge in [-0.1, -0.05) is 91.0 Å². The molecule has 1 aliphatic carbocycles. The molecule has 0 fully saturated rings. The Labute approximate surface area is 413 Å². The summed E-state index contributed by atoms with van der Waals surface area (Å²) in [6, 6.07) is 38.7. The first kappa shape index (κ1) is 48.4. The number of para-hydroxylation sites is 1. The third-order valence-corrected chi connectivity index (χ3v) is 14.4. The quantitative estimate of drug-likeness (QED) is 0.123. The first-order valence-corrected chi connectivity index (χ1v) is 23.2. The van der Waals surface area contributed by atoms with Crippen LogP contribution < -0.4 is 0 Å². The van der Waals surface area contributed by atoms with Crippen LogP contribution in [0.25, 0.3) is 71.9 Å². The molecule has 0 aliphatic heterocycles. The Morgan fingerprint density at radius 2 is 0.878 bits per heavy atom. The van der Waals surface area contributed by atoms with Gasteiger partial charge < -0.3 is 9.13 Å². The zero-order valence-electron chi connectivity index (χ0n) is 38.9. The molecule has 10 aromatic rings. The van der Waals surface area contributed by atoms with Crippen molar-refractivity contribution in [2.75, 3.05) is 0 Å². The fraction of sp³-hybridized carbons (Fsp3) is 0.172. The highest BCUT2D eigenvalue weighted by molar-refractivity contribution is 6.10. The highest BCUT2D eigenvalue weighted by Crippen LogP contribution is 2.58. The van der Waals surface area contributed by atoms with Gasteiger partial charge in [-0.2, -0.15) is 52.7 Å². The molecule has 16 heteroatoms. The maximum absolute atomic E-state index is 14.5. The van der Waals surface area contributed by atoms with Gasteiger partial charge >= 0.3 is 24.7 Å². The summed E-state index contributed by atoms with van der Waals surface area (Å²) >= 11 is 0. The molecule has 0 bridgehead atoms. The first-order valence-electron chi connectivity index (χ1n) is 23.2. The molecule has 0 radical (unpaired) electrons.